The second-order valence-electron chi connectivity index (χ2n) is 7.54. The molecular weight excluding hydrogens is 461 g/mol. The fourth-order valence-electron chi connectivity index (χ4n) is 3.02. The Labute approximate surface area is 193 Å². The zero-order valence-corrected chi connectivity index (χ0v) is 20.2. The highest BCUT2D eigenvalue weighted by atomic mass is 32.2. The summed E-state index contributed by atoms with van der Waals surface area (Å²) in [5.41, 5.74) is -0.212. The van der Waals surface area contributed by atoms with Crippen LogP contribution in [0.1, 0.15) is 63.2 Å². The van der Waals surface area contributed by atoms with Gasteiger partial charge in [-0.3, -0.25) is 14.5 Å². The van der Waals surface area contributed by atoms with Gasteiger partial charge < -0.3 is 4.74 Å². The fraction of sp³-hybridized carbons (Fsp3) is 0.636. The summed E-state index contributed by atoms with van der Waals surface area (Å²) < 4.78 is 71.3. The molecule has 1 aromatic carbocycles. The van der Waals surface area contributed by atoms with E-state index in [4.69, 9.17) is 4.74 Å². The van der Waals surface area contributed by atoms with Crippen LogP contribution in [0.3, 0.4) is 0 Å². The SMILES string of the molecule is CCCCOCCC(=O)N(CC(F)(F)F)C(=O)c1ccc(S(=O)(=O)N(CCC)CCC)cc1. The van der Waals surface area contributed by atoms with E-state index in [0.717, 1.165) is 25.0 Å². The molecule has 0 aliphatic heterocycles. The minimum atomic E-state index is -4.78. The molecule has 0 N–H and O–H groups in total. The lowest BCUT2D eigenvalue weighted by Crippen LogP contribution is -2.43. The zero-order chi connectivity index (χ0) is 25.1. The molecule has 0 bridgehead atoms. The van der Waals surface area contributed by atoms with Crippen molar-refractivity contribution in [3.63, 3.8) is 0 Å². The minimum Gasteiger partial charge on any atom is -0.381 e. The lowest BCUT2D eigenvalue weighted by atomic mass is 10.2. The summed E-state index contributed by atoms with van der Waals surface area (Å²) in [6.45, 7) is 4.83. The molecule has 1 rings (SSSR count). The van der Waals surface area contributed by atoms with Gasteiger partial charge in [-0.1, -0.05) is 27.2 Å². The predicted octanol–water partition coefficient (Wildman–Crippen LogP) is 4.24. The quantitative estimate of drug-likeness (QED) is 0.361. The lowest BCUT2D eigenvalue weighted by molar-refractivity contribution is -0.156. The van der Waals surface area contributed by atoms with Crippen LogP contribution in [-0.4, -0.2) is 68.5 Å². The molecule has 0 aliphatic rings. The monoisotopic (exact) mass is 494 g/mol. The topological polar surface area (TPSA) is 84.0 Å². The Balaban J connectivity index is 3.05. The summed E-state index contributed by atoms with van der Waals surface area (Å²) >= 11 is 0. The molecule has 188 valence electrons. The summed E-state index contributed by atoms with van der Waals surface area (Å²) in [5.74, 6) is -2.16. The van der Waals surface area contributed by atoms with Gasteiger partial charge in [0.05, 0.1) is 17.9 Å². The molecular formula is C22H33F3N2O5S. The molecule has 7 nitrogen and oxygen atoms in total. The van der Waals surface area contributed by atoms with Gasteiger partial charge in [0.15, 0.2) is 0 Å². The highest BCUT2D eigenvalue weighted by molar-refractivity contribution is 7.89. The third-order valence-corrected chi connectivity index (χ3v) is 6.58. The first kappa shape index (κ1) is 29.1. The van der Waals surface area contributed by atoms with E-state index in [-0.39, 0.29) is 28.4 Å². The van der Waals surface area contributed by atoms with Gasteiger partial charge in [0, 0.05) is 25.3 Å². The number of sulfonamides is 1. The van der Waals surface area contributed by atoms with Crippen LogP contribution in [0, 0.1) is 0 Å². The van der Waals surface area contributed by atoms with Gasteiger partial charge in [0.1, 0.15) is 6.54 Å². The van der Waals surface area contributed by atoms with E-state index in [0.29, 0.717) is 32.5 Å². The molecule has 11 heteroatoms. The number of ether oxygens (including phenoxy) is 1. The van der Waals surface area contributed by atoms with E-state index in [9.17, 15) is 31.2 Å². The molecule has 0 spiro atoms. The number of hydrogen-bond donors (Lipinski definition) is 0. The number of halogens is 3. The van der Waals surface area contributed by atoms with Crippen molar-refractivity contribution in [3.05, 3.63) is 29.8 Å². The molecule has 2 amide bonds. The Morgan fingerprint density at radius 1 is 0.939 bits per heavy atom. The molecule has 0 aromatic heterocycles. The number of amides is 2. The largest absolute Gasteiger partial charge is 0.406 e. The van der Waals surface area contributed by atoms with Gasteiger partial charge in [-0.05, 0) is 43.5 Å². The Kier molecular flexibility index (Phi) is 12.0. The van der Waals surface area contributed by atoms with E-state index in [2.05, 4.69) is 0 Å². The number of imide groups is 1. The number of rotatable bonds is 14. The van der Waals surface area contributed by atoms with Crippen molar-refractivity contribution in [2.45, 2.75) is 63.9 Å². The summed E-state index contributed by atoms with van der Waals surface area (Å²) in [6, 6.07) is 4.59. The smallest absolute Gasteiger partial charge is 0.381 e. The normalized spacial score (nSPS) is 12.2. The summed E-state index contributed by atoms with van der Waals surface area (Å²) in [5, 5.41) is 0. The van der Waals surface area contributed by atoms with Crippen LogP contribution in [0.2, 0.25) is 0 Å². The average Bonchev–Trinajstić information content (AvgIpc) is 2.76. The van der Waals surface area contributed by atoms with Crippen LogP contribution in [0.4, 0.5) is 13.2 Å². The molecule has 0 aliphatic carbocycles. The Hall–Kier alpha value is -1.98. The van der Waals surface area contributed by atoms with Crippen molar-refractivity contribution in [1.29, 1.82) is 0 Å². The number of alkyl halides is 3. The molecule has 0 fully saturated rings. The zero-order valence-electron chi connectivity index (χ0n) is 19.4. The van der Waals surface area contributed by atoms with Gasteiger partial charge in [-0.2, -0.15) is 17.5 Å². The molecule has 0 atom stereocenters. The van der Waals surface area contributed by atoms with Crippen LogP contribution in [0.15, 0.2) is 29.2 Å². The van der Waals surface area contributed by atoms with Crippen molar-refractivity contribution in [1.82, 2.24) is 9.21 Å². The van der Waals surface area contributed by atoms with Crippen molar-refractivity contribution in [2.75, 3.05) is 32.8 Å². The van der Waals surface area contributed by atoms with E-state index in [1.807, 2.05) is 20.8 Å². The molecule has 33 heavy (non-hydrogen) atoms. The highest BCUT2D eigenvalue weighted by Gasteiger charge is 2.36. The molecule has 0 saturated carbocycles. The Morgan fingerprint density at radius 2 is 1.52 bits per heavy atom. The number of hydrogen-bond acceptors (Lipinski definition) is 5. The number of carbonyl (C=O) groups is 2. The van der Waals surface area contributed by atoms with Crippen LogP contribution >= 0.6 is 0 Å². The van der Waals surface area contributed by atoms with Crippen molar-refractivity contribution in [2.24, 2.45) is 0 Å². The minimum absolute atomic E-state index is 0.0704. The van der Waals surface area contributed by atoms with E-state index < -0.39 is 34.6 Å². The fourth-order valence-corrected chi connectivity index (χ4v) is 4.64. The van der Waals surface area contributed by atoms with E-state index in [1.165, 1.54) is 16.4 Å². The maximum absolute atomic E-state index is 13.0. The van der Waals surface area contributed by atoms with Crippen LogP contribution < -0.4 is 0 Å². The first-order valence-electron chi connectivity index (χ1n) is 11.1. The second kappa shape index (κ2) is 13.7. The van der Waals surface area contributed by atoms with Crippen LogP contribution in [0.5, 0.6) is 0 Å². The maximum Gasteiger partial charge on any atom is 0.406 e. The number of unbranched alkanes of at least 4 members (excludes halogenated alkanes) is 1. The third-order valence-electron chi connectivity index (χ3n) is 4.67. The Morgan fingerprint density at radius 3 is 2.00 bits per heavy atom. The predicted molar refractivity (Wildman–Crippen MR) is 118 cm³/mol. The highest BCUT2D eigenvalue weighted by Crippen LogP contribution is 2.21. The first-order chi connectivity index (χ1) is 15.5. The summed E-state index contributed by atoms with van der Waals surface area (Å²) in [7, 11) is -3.81. The molecule has 0 heterocycles. The van der Waals surface area contributed by atoms with Gasteiger partial charge in [-0.15, -0.1) is 0 Å². The number of benzene rings is 1. The van der Waals surface area contributed by atoms with Crippen LogP contribution in [-0.2, 0) is 19.6 Å². The van der Waals surface area contributed by atoms with E-state index >= 15 is 0 Å². The number of carbonyl (C=O) groups excluding carboxylic acids is 2. The summed E-state index contributed by atoms with van der Waals surface area (Å²) in [4.78, 5) is 25.1. The van der Waals surface area contributed by atoms with Crippen molar-refractivity contribution < 1.29 is 35.9 Å². The van der Waals surface area contributed by atoms with Gasteiger partial charge in [-0.25, -0.2) is 8.42 Å². The molecule has 0 radical (unpaired) electrons. The first-order valence-corrected chi connectivity index (χ1v) is 12.5. The maximum atomic E-state index is 13.0. The summed E-state index contributed by atoms with van der Waals surface area (Å²) in [6.07, 6.45) is -2.30. The Bertz CT molecular complexity index is 852. The van der Waals surface area contributed by atoms with Crippen LogP contribution in [0.25, 0.3) is 0 Å². The van der Waals surface area contributed by atoms with Crippen molar-refractivity contribution in [3.8, 4) is 0 Å². The average molecular weight is 495 g/mol. The van der Waals surface area contributed by atoms with Crippen molar-refractivity contribution >= 4 is 21.8 Å². The van der Waals surface area contributed by atoms with Gasteiger partial charge in [0.2, 0.25) is 15.9 Å². The third kappa shape index (κ3) is 9.42. The molecule has 0 saturated heterocycles. The molecule has 1 aromatic rings. The molecule has 0 unspecified atom stereocenters. The van der Waals surface area contributed by atoms with Gasteiger partial charge >= 0.3 is 6.18 Å². The lowest BCUT2D eigenvalue weighted by Gasteiger charge is -2.23. The standard InChI is InChI=1S/C22H33F3N2O5S/c1-4-7-15-32-16-12-20(28)27(17-22(23,24)25)21(29)18-8-10-19(11-9-18)33(30,31)26(13-5-2)14-6-3/h8-11H,4-7,12-17H2,1-3H3. The van der Waals surface area contributed by atoms with E-state index in [1.54, 1.807) is 0 Å². The van der Waals surface area contributed by atoms with Gasteiger partial charge in [0.25, 0.3) is 5.91 Å². The second-order valence-corrected chi connectivity index (χ2v) is 9.48. The number of nitrogens with zero attached hydrogens (tertiary/aromatic N) is 2.